The van der Waals surface area contributed by atoms with Crippen LogP contribution in [-0.2, 0) is 24.3 Å². The Kier molecular flexibility index (Phi) is 7.30. The van der Waals surface area contributed by atoms with Gasteiger partial charge in [-0.2, -0.15) is 5.12 Å². The highest BCUT2D eigenvalue weighted by Gasteiger charge is 2.18. The van der Waals surface area contributed by atoms with Gasteiger partial charge in [-0.05, 0) is 23.1 Å². The van der Waals surface area contributed by atoms with Gasteiger partial charge < -0.3 is 4.79 Å². The van der Waals surface area contributed by atoms with Crippen molar-refractivity contribution in [3.05, 3.63) is 108 Å². The van der Waals surface area contributed by atoms with Crippen molar-refractivity contribution in [2.45, 2.75) is 25.6 Å². The van der Waals surface area contributed by atoms with Crippen molar-refractivity contribution in [2.24, 2.45) is 0 Å². The van der Waals surface area contributed by atoms with Gasteiger partial charge in [0.1, 0.15) is 6.29 Å². The molecular weight excluding hydrogens is 334 g/mol. The summed E-state index contributed by atoms with van der Waals surface area (Å²) in [4.78, 5) is 11.9. The molecule has 3 aromatic rings. The van der Waals surface area contributed by atoms with Gasteiger partial charge in [-0.1, -0.05) is 91.0 Å². The summed E-state index contributed by atoms with van der Waals surface area (Å²) in [5, 5.41) is 1.83. The minimum atomic E-state index is -0.320. The van der Waals surface area contributed by atoms with Crippen LogP contribution in [0.1, 0.15) is 16.7 Å². The predicted molar refractivity (Wildman–Crippen MR) is 108 cm³/mol. The van der Waals surface area contributed by atoms with Gasteiger partial charge in [0.15, 0.2) is 0 Å². The minimum absolute atomic E-state index is 0.320. The summed E-state index contributed by atoms with van der Waals surface area (Å²) in [5.74, 6) is 0. The van der Waals surface area contributed by atoms with Crippen LogP contribution in [0.15, 0.2) is 91.0 Å². The summed E-state index contributed by atoms with van der Waals surface area (Å²) in [7, 11) is 0. The summed E-state index contributed by atoms with van der Waals surface area (Å²) in [5.41, 5.74) is 10.2. The number of hydrogen-bond acceptors (Lipinski definition) is 4. The molecule has 1 atom stereocenters. The highest BCUT2D eigenvalue weighted by atomic mass is 16.1. The second-order valence-electron chi connectivity index (χ2n) is 6.40. The van der Waals surface area contributed by atoms with Crippen molar-refractivity contribution in [2.75, 3.05) is 0 Å². The van der Waals surface area contributed by atoms with Crippen LogP contribution in [-0.4, -0.2) is 17.4 Å². The maximum atomic E-state index is 11.9. The van der Waals surface area contributed by atoms with Crippen LogP contribution in [0.25, 0.3) is 0 Å². The lowest BCUT2D eigenvalue weighted by Gasteiger charge is -2.29. The fourth-order valence-corrected chi connectivity index (χ4v) is 2.89. The van der Waals surface area contributed by atoms with Crippen LogP contribution in [0, 0.1) is 0 Å². The summed E-state index contributed by atoms with van der Waals surface area (Å²) in [6, 6.07) is 30.1. The molecule has 0 heterocycles. The van der Waals surface area contributed by atoms with Crippen molar-refractivity contribution < 1.29 is 4.79 Å². The standard InChI is InChI=1S/C23H25N3O/c27-19-23(16-20-10-4-1-5-11-20)26(24-17-21-12-6-2-7-13-21)25-18-22-14-8-3-9-15-22/h1-15,19,23-25H,16-18H2/t23-/m0/s1. The zero-order valence-electron chi connectivity index (χ0n) is 15.3. The molecule has 4 nitrogen and oxygen atoms in total. The van der Waals surface area contributed by atoms with Crippen LogP contribution in [0.3, 0.4) is 0 Å². The van der Waals surface area contributed by atoms with Gasteiger partial charge in [0.25, 0.3) is 0 Å². The second-order valence-corrected chi connectivity index (χ2v) is 6.40. The zero-order valence-corrected chi connectivity index (χ0v) is 15.3. The van der Waals surface area contributed by atoms with Crippen LogP contribution >= 0.6 is 0 Å². The Morgan fingerprint density at radius 3 is 1.48 bits per heavy atom. The molecule has 0 radical (unpaired) electrons. The molecule has 138 valence electrons. The number of hydrazine groups is 2. The molecule has 0 fully saturated rings. The Balaban J connectivity index is 1.69. The van der Waals surface area contributed by atoms with Gasteiger partial charge in [-0.3, -0.25) is 0 Å². The number of hydrogen-bond donors (Lipinski definition) is 2. The third kappa shape index (κ3) is 6.15. The molecule has 0 aliphatic carbocycles. The number of carbonyl (C=O) groups excluding carboxylic acids is 1. The fraction of sp³-hybridized carbons (Fsp3) is 0.174. The Hall–Kier alpha value is -2.79. The molecule has 0 aliphatic heterocycles. The Morgan fingerprint density at radius 2 is 1.07 bits per heavy atom. The lowest BCUT2D eigenvalue weighted by atomic mass is 10.1. The molecule has 0 aromatic heterocycles. The van der Waals surface area contributed by atoms with Crippen molar-refractivity contribution in [3.8, 4) is 0 Å². The summed E-state index contributed by atoms with van der Waals surface area (Å²) >= 11 is 0. The molecule has 0 bridgehead atoms. The first kappa shape index (κ1) is 19.0. The van der Waals surface area contributed by atoms with E-state index in [0.29, 0.717) is 19.5 Å². The Bertz CT molecular complexity index is 750. The smallest absolute Gasteiger partial charge is 0.140 e. The molecular formula is C23H25N3O. The maximum Gasteiger partial charge on any atom is 0.140 e. The average Bonchev–Trinajstić information content (AvgIpc) is 2.75. The van der Waals surface area contributed by atoms with Gasteiger partial charge in [0.2, 0.25) is 0 Å². The number of nitrogens with one attached hydrogen (secondary N) is 2. The van der Waals surface area contributed by atoms with Crippen molar-refractivity contribution >= 4 is 6.29 Å². The Morgan fingerprint density at radius 1 is 0.667 bits per heavy atom. The van der Waals surface area contributed by atoms with E-state index in [0.717, 1.165) is 23.0 Å². The van der Waals surface area contributed by atoms with E-state index < -0.39 is 0 Å². The largest absolute Gasteiger partial charge is 0.301 e. The SMILES string of the molecule is O=C[C@H](Cc1ccccc1)N(NCc1ccccc1)NCc1ccccc1. The van der Waals surface area contributed by atoms with Gasteiger partial charge in [0, 0.05) is 13.1 Å². The molecule has 3 aromatic carbocycles. The van der Waals surface area contributed by atoms with Crippen molar-refractivity contribution in [1.82, 2.24) is 16.0 Å². The van der Waals surface area contributed by atoms with E-state index in [1.54, 1.807) is 0 Å². The van der Waals surface area contributed by atoms with Crippen LogP contribution < -0.4 is 10.9 Å². The summed E-state index contributed by atoms with van der Waals surface area (Å²) < 4.78 is 0. The first-order valence-electron chi connectivity index (χ1n) is 9.18. The molecule has 27 heavy (non-hydrogen) atoms. The fourth-order valence-electron chi connectivity index (χ4n) is 2.89. The second kappa shape index (κ2) is 10.4. The number of benzene rings is 3. The molecule has 2 N–H and O–H groups in total. The zero-order chi connectivity index (χ0) is 18.7. The van der Waals surface area contributed by atoms with Crippen LogP contribution in [0.5, 0.6) is 0 Å². The molecule has 3 rings (SSSR count). The number of rotatable bonds is 10. The topological polar surface area (TPSA) is 44.4 Å². The third-order valence-electron chi connectivity index (χ3n) is 4.37. The molecule has 0 saturated carbocycles. The van der Waals surface area contributed by atoms with Gasteiger partial charge in [-0.15, -0.1) is 0 Å². The summed E-state index contributed by atoms with van der Waals surface area (Å²) in [6.07, 6.45) is 1.62. The molecule has 0 amide bonds. The normalized spacial score (nSPS) is 12.0. The highest BCUT2D eigenvalue weighted by molar-refractivity contribution is 5.58. The van der Waals surface area contributed by atoms with E-state index in [-0.39, 0.29) is 6.04 Å². The van der Waals surface area contributed by atoms with E-state index >= 15 is 0 Å². The first-order chi connectivity index (χ1) is 13.3. The highest BCUT2D eigenvalue weighted by Crippen LogP contribution is 2.07. The molecule has 0 unspecified atom stereocenters. The minimum Gasteiger partial charge on any atom is -0.301 e. The predicted octanol–water partition coefficient (Wildman–Crippen LogP) is 3.51. The monoisotopic (exact) mass is 359 g/mol. The molecule has 4 heteroatoms. The van der Waals surface area contributed by atoms with Crippen molar-refractivity contribution in [3.63, 3.8) is 0 Å². The number of carbonyl (C=O) groups is 1. The van der Waals surface area contributed by atoms with E-state index in [9.17, 15) is 4.79 Å². The summed E-state index contributed by atoms with van der Waals surface area (Å²) in [6.45, 7) is 1.28. The van der Waals surface area contributed by atoms with Crippen LogP contribution in [0.2, 0.25) is 0 Å². The van der Waals surface area contributed by atoms with Crippen LogP contribution in [0.4, 0.5) is 0 Å². The number of nitrogens with zero attached hydrogens (tertiary/aromatic N) is 1. The lowest BCUT2D eigenvalue weighted by molar-refractivity contribution is -0.115. The van der Waals surface area contributed by atoms with Gasteiger partial charge in [-0.25, -0.2) is 10.9 Å². The van der Waals surface area contributed by atoms with E-state index in [4.69, 9.17) is 0 Å². The third-order valence-corrected chi connectivity index (χ3v) is 4.37. The molecule has 0 spiro atoms. The molecule has 0 saturated heterocycles. The van der Waals surface area contributed by atoms with E-state index in [1.165, 1.54) is 0 Å². The maximum absolute atomic E-state index is 11.9. The van der Waals surface area contributed by atoms with Gasteiger partial charge >= 0.3 is 0 Å². The number of aldehydes is 1. The first-order valence-corrected chi connectivity index (χ1v) is 9.18. The average molecular weight is 359 g/mol. The van der Waals surface area contributed by atoms with E-state index in [1.807, 2.05) is 71.8 Å². The quantitative estimate of drug-likeness (QED) is 0.429. The van der Waals surface area contributed by atoms with Gasteiger partial charge in [0.05, 0.1) is 6.04 Å². The van der Waals surface area contributed by atoms with Crippen molar-refractivity contribution in [1.29, 1.82) is 0 Å². The van der Waals surface area contributed by atoms with E-state index in [2.05, 4.69) is 35.1 Å². The lowest BCUT2D eigenvalue weighted by Crippen LogP contribution is -2.54. The Labute approximate surface area is 160 Å². The molecule has 0 aliphatic rings.